The molecule has 1 saturated heterocycles. The van der Waals surface area contributed by atoms with Gasteiger partial charge in [-0.15, -0.1) is 0 Å². The predicted molar refractivity (Wildman–Crippen MR) is 111 cm³/mol. The number of aryl methyl sites for hydroxylation is 1. The Labute approximate surface area is 168 Å². The number of fused-ring (bicyclic) bond motifs is 1. The number of hydrogen-bond donors (Lipinski definition) is 0. The van der Waals surface area contributed by atoms with Crippen LogP contribution in [-0.4, -0.2) is 38.4 Å². The van der Waals surface area contributed by atoms with Crippen molar-refractivity contribution in [1.29, 1.82) is 0 Å². The van der Waals surface area contributed by atoms with E-state index in [1.807, 2.05) is 47.4 Å². The van der Waals surface area contributed by atoms with Gasteiger partial charge >= 0.3 is 0 Å². The Morgan fingerprint density at radius 1 is 1.21 bits per heavy atom. The molecule has 4 aromatic rings. The van der Waals surface area contributed by atoms with Crippen LogP contribution in [-0.2, 0) is 6.42 Å². The van der Waals surface area contributed by atoms with Gasteiger partial charge in [0.25, 0.3) is 5.91 Å². The molecular weight excluding hydrogens is 364 g/mol. The quantitative estimate of drug-likeness (QED) is 0.523. The molecule has 0 N–H and O–H groups in total. The fourth-order valence-electron chi connectivity index (χ4n) is 4.07. The van der Waals surface area contributed by atoms with Crippen LogP contribution in [0.25, 0.3) is 22.6 Å². The minimum Gasteiger partial charge on any atom is -0.472 e. The molecule has 6 heteroatoms. The Morgan fingerprint density at radius 3 is 2.83 bits per heavy atom. The van der Waals surface area contributed by atoms with E-state index >= 15 is 0 Å². The summed E-state index contributed by atoms with van der Waals surface area (Å²) in [6.07, 6.45) is 6.97. The van der Waals surface area contributed by atoms with Gasteiger partial charge in [-0.3, -0.25) is 4.79 Å². The Kier molecular flexibility index (Phi) is 4.39. The van der Waals surface area contributed by atoms with E-state index in [-0.39, 0.29) is 11.9 Å². The fraction of sp³-hybridized carbons (Fsp3) is 0.261. The molecule has 4 heterocycles. The summed E-state index contributed by atoms with van der Waals surface area (Å²) in [5, 5.41) is 0. The first-order chi connectivity index (χ1) is 14.2. The van der Waals surface area contributed by atoms with Gasteiger partial charge < -0.3 is 13.9 Å². The zero-order chi connectivity index (χ0) is 19.8. The number of hydrogen-bond acceptors (Lipinski definition) is 4. The van der Waals surface area contributed by atoms with Crippen molar-refractivity contribution in [2.45, 2.75) is 25.8 Å². The molecule has 1 aliphatic rings. The van der Waals surface area contributed by atoms with Crippen LogP contribution >= 0.6 is 0 Å². The molecule has 29 heavy (non-hydrogen) atoms. The number of amides is 1. The van der Waals surface area contributed by atoms with Crippen molar-refractivity contribution < 1.29 is 9.21 Å². The summed E-state index contributed by atoms with van der Waals surface area (Å²) in [6.45, 7) is 3.47. The second-order valence-electron chi connectivity index (χ2n) is 7.41. The van der Waals surface area contributed by atoms with Crippen molar-refractivity contribution >= 4 is 17.1 Å². The first-order valence-electron chi connectivity index (χ1n) is 9.98. The van der Waals surface area contributed by atoms with Gasteiger partial charge in [0.05, 0.1) is 17.9 Å². The van der Waals surface area contributed by atoms with Gasteiger partial charge in [0.15, 0.2) is 5.65 Å². The van der Waals surface area contributed by atoms with Crippen LogP contribution in [0.3, 0.4) is 0 Å². The maximum atomic E-state index is 13.0. The van der Waals surface area contributed by atoms with Crippen LogP contribution in [0, 0.1) is 0 Å². The number of carbonyl (C=O) groups is 1. The molecule has 5 rings (SSSR count). The molecule has 1 atom stereocenters. The molecule has 0 saturated carbocycles. The van der Waals surface area contributed by atoms with Crippen LogP contribution in [0.1, 0.15) is 35.3 Å². The molecule has 1 aliphatic heterocycles. The highest BCUT2D eigenvalue weighted by molar-refractivity contribution is 5.94. The van der Waals surface area contributed by atoms with E-state index in [2.05, 4.69) is 16.5 Å². The second kappa shape index (κ2) is 7.20. The average Bonchev–Trinajstić information content (AvgIpc) is 3.52. The molecule has 0 spiro atoms. The second-order valence-corrected chi connectivity index (χ2v) is 7.41. The van der Waals surface area contributed by atoms with Crippen LogP contribution in [0.5, 0.6) is 0 Å². The minimum atomic E-state index is 0.0809. The lowest BCUT2D eigenvalue weighted by atomic mass is 10.1. The molecule has 146 valence electrons. The highest BCUT2D eigenvalue weighted by atomic mass is 16.3. The smallest absolute Gasteiger partial charge is 0.253 e. The fourth-order valence-corrected chi connectivity index (χ4v) is 4.07. The number of pyridine rings is 1. The van der Waals surface area contributed by atoms with E-state index in [9.17, 15) is 4.79 Å². The Bertz CT molecular complexity index is 1150. The highest BCUT2D eigenvalue weighted by Crippen LogP contribution is 2.32. The van der Waals surface area contributed by atoms with Crippen molar-refractivity contribution in [2.24, 2.45) is 0 Å². The van der Waals surface area contributed by atoms with Crippen molar-refractivity contribution in [1.82, 2.24) is 19.4 Å². The van der Waals surface area contributed by atoms with E-state index in [4.69, 9.17) is 9.40 Å². The maximum absolute atomic E-state index is 13.0. The third-order valence-corrected chi connectivity index (χ3v) is 5.65. The number of imidazole rings is 1. The van der Waals surface area contributed by atoms with Gasteiger partial charge in [-0.25, -0.2) is 9.97 Å². The van der Waals surface area contributed by atoms with Crippen molar-refractivity contribution in [3.63, 3.8) is 0 Å². The van der Waals surface area contributed by atoms with E-state index in [0.717, 1.165) is 47.5 Å². The number of rotatable bonds is 4. The topological polar surface area (TPSA) is 64.2 Å². The summed E-state index contributed by atoms with van der Waals surface area (Å²) in [4.78, 5) is 24.3. The summed E-state index contributed by atoms with van der Waals surface area (Å²) in [5.74, 6) is 0.913. The van der Waals surface area contributed by atoms with Crippen molar-refractivity contribution in [3.8, 4) is 11.4 Å². The SMILES string of the molecule is CCc1ccc(C(=O)N2CCC(n3c(-c4ccoc4)nc4cccnc43)C2)cc1. The lowest BCUT2D eigenvalue weighted by Crippen LogP contribution is -2.29. The molecular formula is C23H22N4O2. The summed E-state index contributed by atoms with van der Waals surface area (Å²) < 4.78 is 7.44. The Hall–Kier alpha value is -3.41. The zero-order valence-corrected chi connectivity index (χ0v) is 16.3. The third kappa shape index (κ3) is 3.10. The predicted octanol–water partition coefficient (Wildman–Crippen LogP) is 4.34. The lowest BCUT2D eigenvalue weighted by Gasteiger charge is -2.19. The summed E-state index contributed by atoms with van der Waals surface area (Å²) in [5.41, 5.74) is 4.59. The molecule has 1 aromatic carbocycles. The normalized spacial score (nSPS) is 16.6. The number of benzene rings is 1. The number of carbonyl (C=O) groups excluding carboxylic acids is 1. The van der Waals surface area contributed by atoms with Gasteiger partial charge in [-0.2, -0.15) is 0 Å². The first-order valence-corrected chi connectivity index (χ1v) is 9.98. The number of furan rings is 1. The Morgan fingerprint density at radius 2 is 2.07 bits per heavy atom. The molecule has 0 aliphatic carbocycles. The van der Waals surface area contributed by atoms with Crippen LogP contribution in [0.15, 0.2) is 65.6 Å². The van der Waals surface area contributed by atoms with Crippen LogP contribution in [0.4, 0.5) is 0 Å². The van der Waals surface area contributed by atoms with Gasteiger partial charge in [-0.1, -0.05) is 19.1 Å². The van der Waals surface area contributed by atoms with Crippen LogP contribution in [0.2, 0.25) is 0 Å². The zero-order valence-electron chi connectivity index (χ0n) is 16.3. The maximum Gasteiger partial charge on any atom is 0.253 e. The van der Waals surface area contributed by atoms with Gasteiger partial charge in [0, 0.05) is 24.8 Å². The summed E-state index contributed by atoms with van der Waals surface area (Å²) in [6, 6.07) is 13.8. The van der Waals surface area contributed by atoms with E-state index in [1.54, 1.807) is 18.7 Å². The summed E-state index contributed by atoms with van der Waals surface area (Å²) >= 11 is 0. The molecule has 0 radical (unpaired) electrons. The van der Waals surface area contributed by atoms with Crippen molar-refractivity contribution in [3.05, 3.63) is 72.3 Å². The average molecular weight is 386 g/mol. The highest BCUT2D eigenvalue weighted by Gasteiger charge is 2.31. The molecule has 3 aromatic heterocycles. The van der Waals surface area contributed by atoms with Gasteiger partial charge in [0.2, 0.25) is 0 Å². The van der Waals surface area contributed by atoms with Gasteiger partial charge in [0.1, 0.15) is 17.6 Å². The molecule has 6 nitrogen and oxygen atoms in total. The van der Waals surface area contributed by atoms with Crippen LogP contribution < -0.4 is 0 Å². The van der Waals surface area contributed by atoms with E-state index in [1.165, 1.54) is 5.56 Å². The van der Waals surface area contributed by atoms with E-state index < -0.39 is 0 Å². The first kappa shape index (κ1) is 17.7. The van der Waals surface area contributed by atoms with Gasteiger partial charge in [-0.05, 0) is 48.7 Å². The summed E-state index contributed by atoms with van der Waals surface area (Å²) in [7, 11) is 0. The Balaban J connectivity index is 1.46. The number of likely N-dealkylation sites (tertiary alicyclic amines) is 1. The standard InChI is InChI=1S/C23H22N4O2/c1-2-16-5-7-17(8-6-16)23(28)26-12-9-19(14-26)27-21(18-10-13-29-15-18)25-20-4-3-11-24-22(20)27/h3-8,10-11,13,15,19H,2,9,12,14H2,1H3. The molecule has 0 bridgehead atoms. The number of aromatic nitrogens is 3. The minimum absolute atomic E-state index is 0.0809. The lowest BCUT2D eigenvalue weighted by molar-refractivity contribution is 0.0788. The molecule has 1 amide bonds. The number of nitrogens with zero attached hydrogens (tertiary/aromatic N) is 4. The molecule has 1 fully saturated rings. The third-order valence-electron chi connectivity index (χ3n) is 5.65. The van der Waals surface area contributed by atoms with Crippen molar-refractivity contribution in [2.75, 3.05) is 13.1 Å². The monoisotopic (exact) mass is 386 g/mol. The largest absolute Gasteiger partial charge is 0.472 e. The molecule has 1 unspecified atom stereocenters. The van der Waals surface area contributed by atoms with E-state index in [0.29, 0.717) is 6.54 Å².